The third kappa shape index (κ3) is 1.76. The van der Waals surface area contributed by atoms with Gasteiger partial charge in [-0.15, -0.1) is 0 Å². The van der Waals surface area contributed by atoms with Gasteiger partial charge in [-0.25, -0.2) is 0 Å². The van der Waals surface area contributed by atoms with Crippen molar-refractivity contribution in [2.24, 2.45) is 0 Å². The lowest BCUT2D eigenvalue weighted by Gasteiger charge is -1.99. The van der Waals surface area contributed by atoms with E-state index in [0.29, 0.717) is 11.3 Å². The summed E-state index contributed by atoms with van der Waals surface area (Å²) >= 11 is 0. The number of imidazole rings is 1. The number of aryl methyl sites for hydroxylation is 1. The molecule has 2 heterocycles. The highest BCUT2D eigenvalue weighted by Gasteiger charge is 2.24. The van der Waals surface area contributed by atoms with Gasteiger partial charge in [-0.2, -0.15) is 9.38 Å². The first-order valence-corrected chi connectivity index (χ1v) is 5.86. The Balaban J connectivity index is 2.40. The van der Waals surface area contributed by atoms with E-state index in [9.17, 15) is 10.1 Å². The van der Waals surface area contributed by atoms with E-state index in [0.717, 1.165) is 11.3 Å². The Kier molecular flexibility index (Phi) is 2.52. The zero-order chi connectivity index (χ0) is 13.4. The number of pyridine rings is 1. The Morgan fingerprint density at radius 3 is 2.53 bits per heavy atom. The van der Waals surface area contributed by atoms with Crippen molar-refractivity contribution < 1.29 is 4.92 Å². The molecular formula is C14H11N3O2. The maximum Gasteiger partial charge on any atom is 0.356 e. The second-order valence-corrected chi connectivity index (χ2v) is 4.27. The van der Waals surface area contributed by atoms with Gasteiger partial charge in [0.2, 0.25) is 5.65 Å². The van der Waals surface area contributed by atoms with Crippen LogP contribution >= 0.6 is 0 Å². The van der Waals surface area contributed by atoms with E-state index in [2.05, 4.69) is 4.98 Å². The van der Waals surface area contributed by atoms with Crippen molar-refractivity contribution in [3.05, 3.63) is 64.3 Å². The van der Waals surface area contributed by atoms with Gasteiger partial charge in [0.15, 0.2) is 5.69 Å². The van der Waals surface area contributed by atoms with Crippen LogP contribution in [-0.2, 0) is 0 Å². The average molecular weight is 253 g/mol. The molecule has 0 saturated heterocycles. The molecule has 0 aliphatic rings. The summed E-state index contributed by atoms with van der Waals surface area (Å²) in [7, 11) is 0. The second kappa shape index (κ2) is 4.20. The molecule has 0 radical (unpaired) electrons. The van der Waals surface area contributed by atoms with E-state index < -0.39 is 0 Å². The highest BCUT2D eigenvalue weighted by molar-refractivity contribution is 5.72. The van der Waals surface area contributed by atoms with Crippen LogP contribution in [0.3, 0.4) is 0 Å². The van der Waals surface area contributed by atoms with Crippen LogP contribution in [-0.4, -0.2) is 14.3 Å². The van der Waals surface area contributed by atoms with Gasteiger partial charge in [0.1, 0.15) is 5.69 Å². The van der Waals surface area contributed by atoms with Gasteiger partial charge in [-0.3, -0.25) is 0 Å². The smallest absolute Gasteiger partial charge is 0.356 e. The van der Waals surface area contributed by atoms with Crippen LogP contribution in [0.4, 0.5) is 5.82 Å². The Bertz CT molecular complexity index is 763. The van der Waals surface area contributed by atoms with Crippen molar-refractivity contribution in [2.75, 3.05) is 0 Å². The lowest BCUT2D eigenvalue weighted by atomic mass is 10.1. The van der Waals surface area contributed by atoms with Crippen LogP contribution in [0.1, 0.15) is 5.69 Å². The first-order valence-electron chi connectivity index (χ1n) is 5.86. The zero-order valence-electron chi connectivity index (χ0n) is 10.3. The molecule has 0 aliphatic carbocycles. The fourth-order valence-electron chi connectivity index (χ4n) is 2.19. The second-order valence-electron chi connectivity index (χ2n) is 4.27. The molecule has 0 aliphatic heterocycles. The minimum atomic E-state index is -0.380. The fourth-order valence-corrected chi connectivity index (χ4v) is 2.19. The van der Waals surface area contributed by atoms with Gasteiger partial charge < -0.3 is 10.1 Å². The van der Waals surface area contributed by atoms with Crippen molar-refractivity contribution in [3.8, 4) is 11.3 Å². The molecule has 0 saturated carbocycles. The number of fused-ring (bicyclic) bond motifs is 1. The van der Waals surface area contributed by atoms with Crippen LogP contribution in [0.5, 0.6) is 0 Å². The molecule has 0 fully saturated rings. The molecule has 0 bridgehead atoms. The summed E-state index contributed by atoms with van der Waals surface area (Å²) in [6.07, 6.45) is 0. The number of hydrogen-bond acceptors (Lipinski definition) is 3. The van der Waals surface area contributed by atoms with Gasteiger partial charge in [-0.1, -0.05) is 36.4 Å². The molecule has 5 heteroatoms. The molecule has 94 valence electrons. The Labute approximate surface area is 109 Å². The number of nitro groups is 1. The van der Waals surface area contributed by atoms with Crippen LogP contribution in [0.15, 0.2) is 48.5 Å². The third-order valence-electron chi connectivity index (χ3n) is 3.03. The largest absolute Gasteiger partial charge is 0.358 e. The fraction of sp³-hybridized carbons (Fsp3) is 0.0714. The standard InChI is InChI=1S/C14H11N3O2/c1-10-6-5-9-12-15-13(11-7-3-2-4-8-11)14(16(10)12)17(18)19/h2-9H,1H3. The maximum atomic E-state index is 11.4. The monoisotopic (exact) mass is 253 g/mol. The summed E-state index contributed by atoms with van der Waals surface area (Å²) in [5.41, 5.74) is 2.53. The lowest BCUT2D eigenvalue weighted by molar-refractivity contribution is -0.389. The van der Waals surface area contributed by atoms with Gasteiger partial charge in [-0.05, 0) is 17.9 Å². The summed E-state index contributed by atoms with van der Waals surface area (Å²) in [6, 6.07) is 14.6. The number of aromatic nitrogens is 2. The molecule has 0 amide bonds. The molecule has 19 heavy (non-hydrogen) atoms. The molecule has 0 spiro atoms. The van der Waals surface area contributed by atoms with Crippen LogP contribution < -0.4 is 0 Å². The summed E-state index contributed by atoms with van der Waals surface area (Å²) in [5, 5.41) is 11.4. The van der Waals surface area contributed by atoms with Gasteiger partial charge in [0.05, 0.1) is 0 Å². The lowest BCUT2D eigenvalue weighted by Crippen LogP contribution is -1.98. The molecule has 3 aromatic rings. The van der Waals surface area contributed by atoms with Crippen molar-refractivity contribution >= 4 is 11.5 Å². The van der Waals surface area contributed by atoms with Gasteiger partial charge >= 0.3 is 5.82 Å². The van der Waals surface area contributed by atoms with Crippen molar-refractivity contribution in [3.63, 3.8) is 0 Å². The first kappa shape index (κ1) is 11.4. The molecular weight excluding hydrogens is 242 g/mol. The van der Waals surface area contributed by atoms with Gasteiger partial charge in [0.25, 0.3) is 0 Å². The molecule has 3 rings (SSSR count). The minimum Gasteiger partial charge on any atom is -0.358 e. The van der Waals surface area contributed by atoms with E-state index in [1.165, 1.54) is 0 Å². The van der Waals surface area contributed by atoms with Crippen molar-refractivity contribution in [1.82, 2.24) is 9.38 Å². The van der Waals surface area contributed by atoms with Gasteiger partial charge in [0, 0.05) is 11.6 Å². The SMILES string of the molecule is Cc1cccc2nc(-c3ccccc3)c([N+](=O)[O-])n12. The summed E-state index contributed by atoms with van der Waals surface area (Å²) in [6.45, 7) is 1.83. The maximum absolute atomic E-state index is 11.4. The Morgan fingerprint density at radius 1 is 1.11 bits per heavy atom. The van der Waals surface area contributed by atoms with E-state index in [-0.39, 0.29) is 10.7 Å². The average Bonchev–Trinajstić information content (AvgIpc) is 2.81. The highest BCUT2D eigenvalue weighted by Crippen LogP contribution is 2.30. The summed E-state index contributed by atoms with van der Waals surface area (Å²) in [4.78, 5) is 15.4. The zero-order valence-corrected chi connectivity index (χ0v) is 10.3. The van der Waals surface area contributed by atoms with E-state index in [4.69, 9.17) is 0 Å². The molecule has 0 unspecified atom stereocenters. The number of benzene rings is 1. The number of rotatable bonds is 2. The van der Waals surface area contributed by atoms with E-state index in [1.807, 2.05) is 49.4 Å². The van der Waals surface area contributed by atoms with Crippen LogP contribution in [0.25, 0.3) is 16.9 Å². The van der Waals surface area contributed by atoms with Crippen LogP contribution in [0.2, 0.25) is 0 Å². The quantitative estimate of drug-likeness (QED) is 0.520. The molecule has 1 aromatic carbocycles. The van der Waals surface area contributed by atoms with Crippen molar-refractivity contribution in [1.29, 1.82) is 0 Å². The van der Waals surface area contributed by atoms with E-state index >= 15 is 0 Å². The molecule has 5 nitrogen and oxygen atoms in total. The highest BCUT2D eigenvalue weighted by atomic mass is 16.6. The Morgan fingerprint density at radius 2 is 1.84 bits per heavy atom. The third-order valence-corrected chi connectivity index (χ3v) is 3.03. The number of nitrogens with zero attached hydrogens (tertiary/aromatic N) is 3. The molecule has 0 N–H and O–H groups in total. The number of hydrogen-bond donors (Lipinski definition) is 0. The molecule has 0 atom stereocenters. The predicted octanol–water partition coefficient (Wildman–Crippen LogP) is 3.22. The molecule has 2 aromatic heterocycles. The summed E-state index contributed by atoms with van der Waals surface area (Å²) in [5.74, 6) is 0.0132. The normalized spacial score (nSPS) is 10.8. The van der Waals surface area contributed by atoms with Crippen molar-refractivity contribution in [2.45, 2.75) is 6.92 Å². The van der Waals surface area contributed by atoms with Crippen LogP contribution in [0, 0.1) is 17.0 Å². The topological polar surface area (TPSA) is 60.4 Å². The first-order chi connectivity index (χ1) is 9.18. The predicted molar refractivity (Wildman–Crippen MR) is 72.0 cm³/mol. The van der Waals surface area contributed by atoms with E-state index in [1.54, 1.807) is 10.5 Å². The Hall–Kier alpha value is -2.69. The summed E-state index contributed by atoms with van der Waals surface area (Å²) < 4.78 is 1.57. The minimum absolute atomic E-state index is 0.0132.